The fourth-order valence-electron chi connectivity index (χ4n) is 1.99. The second-order valence-electron chi connectivity index (χ2n) is 3.74. The van der Waals surface area contributed by atoms with E-state index in [9.17, 15) is 0 Å². The molecule has 16 heavy (non-hydrogen) atoms. The van der Waals surface area contributed by atoms with Gasteiger partial charge in [-0.1, -0.05) is 12.1 Å². The van der Waals surface area contributed by atoms with Crippen molar-refractivity contribution in [3.05, 3.63) is 29.8 Å². The molecule has 2 heterocycles. The summed E-state index contributed by atoms with van der Waals surface area (Å²) >= 11 is 0. The number of hydrogen-bond donors (Lipinski definition) is 2. The fourth-order valence-corrected chi connectivity index (χ4v) is 1.99. The number of anilines is 1. The monoisotopic (exact) mass is 215 g/mol. The van der Waals surface area contributed by atoms with Gasteiger partial charge < -0.3 is 10.1 Å². The molecule has 0 fully saturated rings. The van der Waals surface area contributed by atoms with Gasteiger partial charge in [0.1, 0.15) is 12.4 Å². The highest BCUT2D eigenvalue weighted by Crippen LogP contribution is 2.38. The van der Waals surface area contributed by atoms with Gasteiger partial charge in [0.05, 0.1) is 11.3 Å². The molecule has 0 saturated heterocycles. The first-order valence-corrected chi connectivity index (χ1v) is 5.43. The largest absolute Gasteiger partial charge is 0.488 e. The Balaban J connectivity index is 2.12. The molecule has 82 valence electrons. The van der Waals surface area contributed by atoms with Crippen molar-refractivity contribution >= 4 is 5.82 Å². The third-order valence-corrected chi connectivity index (χ3v) is 2.74. The van der Waals surface area contributed by atoms with E-state index in [1.165, 1.54) is 0 Å². The zero-order valence-electron chi connectivity index (χ0n) is 9.08. The molecule has 3 rings (SSSR count). The smallest absolute Gasteiger partial charge is 0.155 e. The van der Waals surface area contributed by atoms with Gasteiger partial charge in [-0.2, -0.15) is 5.10 Å². The molecule has 1 aliphatic heterocycles. The Bertz CT molecular complexity index is 519. The summed E-state index contributed by atoms with van der Waals surface area (Å²) in [5.41, 5.74) is 3.26. The highest BCUT2D eigenvalue weighted by Gasteiger charge is 2.22. The number of aromatic amines is 1. The topological polar surface area (TPSA) is 49.9 Å². The van der Waals surface area contributed by atoms with E-state index in [2.05, 4.69) is 22.4 Å². The van der Waals surface area contributed by atoms with Crippen molar-refractivity contribution in [3.63, 3.8) is 0 Å². The normalized spacial score (nSPS) is 12.6. The maximum Gasteiger partial charge on any atom is 0.155 e. The minimum atomic E-state index is 0.575. The quantitative estimate of drug-likeness (QED) is 0.808. The molecule has 1 aromatic carbocycles. The highest BCUT2D eigenvalue weighted by atomic mass is 16.5. The van der Waals surface area contributed by atoms with Crippen LogP contribution in [0.1, 0.15) is 12.5 Å². The van der Waals surface area contributed by atoms with Gasteiger partial charge in [0.2, 0.25) is 0 Å². The maximum atomic E-state index is 5.70. The second kappa shape index (κ2) is 3.56. The maximum absolute atomic E-state index is 5.70. The number of nitrogens with one attached hydrogen (secondary N) is 2. The molecule has 2 aromatic rings. The fraction of sp³-hybridized carbons (Fsp3) is 0.250. The molecule has 0 saturated carbocycles. The molecule has 1 aromatic heterocycles. The van der Waals surface area contributed by atoms with Crippen molar-refractivity contribution in [1.82, 2.24) is 10.2 Å². The number of aromatic nitrogens is 2. The minimum Gasteiger partial charge on any atom is -0.488 e. The van der Waals surface area contributed by atoms with Crippen LogP contribution < -0.4 is 10.1 Å². The average Bonchev–Trinajstić information content (AvgIpc) is 2.73. The number of benzene rings is 1. The lowest BCUT2D eigenvalue weighted by atomic mass is 10.0. The Labute approximate surface area is 93.6 Å². The number of ether oxygens (including phenoxy) is 1. The second-order valence-corrected chi connectivity index (χ2v) is 3.74. The van der Waals surface area contributed by atoms with Crippen molar-refractivity contribution in [2.24, 2.45) is 0 Å². The first kappa shape index (κ1) is 9.27. The minimum absolute atomic E-state index is 0.575. The molecule has 0 unspecified atom stereocenters. The van der Waals surface area contributed by atoms with E-state index in [1.54, 1.807) is 0 Å². The van der Waals surface area contributed by atoms with Crippen molar-refractivity contribution in [2.75, 3.05) is 11.9 Å². The van der Waals surface area contributed by atoms with Gasteiger partial charge in [-0.25, -0.2) is 0 Å². The number of H-pyrrole nitrogens is 1. The number of hydrogen-bond acceptors (Lipinski definition) is 3. The zero-order valence-corrected chi connectivity index (χ0v) is 9.08. The Kier molecular flexibility index (Phi) is 2.06. The van der Waals surface area contributed by atoms with Crippen LogP contribution in [0.15, 0.2) is 24.3 Å². The molecular weight excluding hydrogens is 202 g/mol. The highest BCUT2D eigenvalue weighted by molar-refractivity contribution is 5.75. The Morgan fingerprint density at radius 3 is 3.19 bits per heavy atom. The molecule has 1 aliphatic rings. The number of nitrogens with zero attached hydrogens (tertiary/aromatic N) is 1. The van der Waals surface area contributed by atoms with Crippen molar-refractivity contribution in [3.8, 4) is 17.0 Å². The first-order chi connectivity index (χ1) is 7.90. The predicted molar refractivity (Wildman–Crippen MR) is 62.5 cm³/mol. The van der Waals surface area contributed by atoms with E-state index in [0.29, 0.717) is 6.61 Å². The van der Waals surface area contributed by atoms with Crippen LogP contribution in [-0.2, 0) is 6.61 Å². The standard InChI is InChI=1S/C12H13N3O/c1-2-13-12-9-7-16-10-6-4-3-5-8(10)11(9)14-15-12/h3-6H,2,7H2,1H3,(H2,13,14,15). The number of fused-ring (bicyclic) bond motifs is 3. The van der Waals surface area contributed by atoms with Crippen LogP contribution in [0.2, 0.25) is 0 Å². The van der Waals surface area contributed by atoms with E-state index in [0.717, 1.165) is 34.9 Å². The zero-order chi connectivity index (χ0) is 11.0. The summed E-state index contributed by atoms with van der Waals surface area (Å²) in [7, 11) is 0. The molecule has 0 amide bonds. The molecule has 0 aliphatic carbocycles. The lowest BCUT2D eigenvalue weighted by Gasteiger charge is -2.17. The molecule has 4 heteroatoms. The van der Waals surface area contributed by atoms with E-state index < -0.39 is 0 Å². The summed E-state index contributed by atoms with van der Waals surface area (Å²) in [6.07, 6.45) is 0. The molecule has 4 nitrogen and oxygen atoms in total. The van der Waals surface area contributed by atoms with E-state index in [1.807, 2.05) is 24.3 Å². The van der Waals surface area contributed by atoms with E-state index in [4.69, 9.17) is 4.74 Å². The van der Waals surface area contributed by atoms with Crippen LogP contribution in [0, 0.1) is 0 Å². The summed E-state index contributed by atoms with van der Waals surface area (Å²) in [6, 6.07) is 8.00. The van der Waals surface area contributed by atoms with Crippen LogP contribution in [0.5, 0.6) is 5.75 Å². The summed E-state index contributed by atoms with van der Waals surface area (Å²) < 4.78 is 5.70. The third-order valence-electron chi connectivity index (χ3n) is 2.74. The Morgan fingerprint density at radius 1 is 1.44 bits per heavy atom. The molecule has 0 spiro atoms. The van der Waals surface area contributed by atoms with Gasteiger partial charge in [-0.05, 0) is 19.1 Å². The molecule has 2 N–H and O–H groups in total. The van der Waals surface area contributed by atoms with Gasteiger partial charge in [0, 0.05) is 12.1 Å². The molecule has 0 bridgehead atoms. The van der Waals surface area contributed by atoms with Crippen LogP contribution in [0.4, 0.5) is 5.82 Å². The molecule has 0 radical (unpaired) electrons. The van der Waals surface area contributed by atoms with Gasteiger partial charge in [0.25, 0.3) is 0 Å². The molecular formula is C12H13N3O. The van der Waals surface area contributed by atoms with Crippen molar-refractivity contribution in [2.45, 2.75) is 13.5 Å². The van der Waals surface area contributed by atoms with Crippen LogP contribution in [-0.4, -0.2) is 16.7 Å². The number of rotatable bonds is 2. The van der Waals surface area contributed by atoms with E-state index in [-0.39, 0.29) is 0 Å². The lowest BCUT2D eigenvalue weighted by molar-refractivity contribution is 0.303. The van der Waals surface area contributed by atoms with Gasteiger partial charge in [-0.15, -0.1) is 0 Å². The van der Waals surface area contributed by atoms with Gasteiger partial charge in [0.15, 0.2) is 5.82 Å². The summed E-state index contributed by atoms with van der Waals surface area (Å²) in [4.78, 5) is 0. The third kappa shape index (κ3) is 1.26. The Hall–Kier alpha value is -1.97. The summed E-state index contributed by atoms with van der Waals surface area (Å²) in [5.74, 6) is 1.81. The first-order valence-electron chi connectivity index (χ1n) is 5.43. The SMILES string of the molecule is CCNc1n[nH]c2c1COc1ccccc1-2. The van der Waals surface area contributed by atoms with Crippen molar-refractivity contribution < 1.29 is 4.74 Å². The van der Waals surface area contributed by atoms with Crippen LogP contribution in [0.25, 0.3) is 11.3 Å². The summed E-state index contributed by atoms with van der Waals surface area (Å²) in [6.45, 7) is 3.49. The summed E-state index contributed by atoms with van der Waals surface area (Å²) in [5, 5.41) is 10.6. The average molecular weight is 215 g/mol. The van der Waals surface area contributed by atoms with Crippen molar-refractivity contribution in [1.29, 1.82) is 0 Å². The predicted octanol–water partition coefficient (Wildman–Crippen LogP) is 2.40. The van der Waals surface area contributed by atoms with Crippen LogP contribution >= 0.6 is 0 Å². The van der Waals surface area contributed by atoms with Gasteiger partial charge in [-0.3, -0.25) is 5.10 Å². The Morgan fingerprint density at radius 2 is 2.31 bits per heavy atom. The van der Waals surface area contributed by atoms with Crippen LogP contribution in [0.3, 0.4) is 0 Å². The lowest BCUT2D eigenvalue weighted by Crippen LogP contribution is -2.07. The van der Waals surface area contributed by atoms with E-state index >= 15 is 0 Å². The van der Waals surface area contributed by atoms with Gasteiger partial charge >= 0.3 is 0 Å². The number of para-hydroxylation sites is 1. The molecule has 0 atom stereocenters.